The number of carbonyl (C=O) groups is 1. The zero-order valence-corrected chi connectivity index (χ0v) is 19.1. The van der Waals surface area contributed by atoms with Crippen LogP contribution in [0.15, 0.2) is 48.8 Å². The third-order valence-corrected chi connectivity index (χ3v) is 7.42. The van der Waals surface area contributed by atoms with Gasteiger partial charge in [-0.05, 0) is 48.2 Å². The summed E-state index contributed by atoms with van der Waals surface area (Å²) in [6.07, 6.45) is 5.09. The predicted molar refractivity (Wildman–Crippen MR) is 128 cm³/mol. The number of nitrogens with one attached hydrogen (secondary N) is 3. The molecular weight excluding hydrogens is 464 g/mol. The van der Waals surface area contributed by atoms with Gasteiger partial charge in [-0.15, -0.1) is 0 Å². The Hall–Kier alpha value is -4.11. The molecule has 1 saturated heterocycles. The van der Waals surface area contributed by atoms with Gasteiger partial charge in [-0.1, -0.05) is 0 Å². The van der Waals surface area contributed by atoms with Crippen molar-refractivity contribution in [1.29, 1.82) is 0 Å². The lowest BCUT2D eigenvalue weighted by atomic mass is 9.74. The van der Waals surface area contributed by atoms with Gasteiger partial charge in [0.15, 0.2) is 11.6 Å². The molecule has 7 nitrogen and oxygen atoms in total. The van der Waals surface area contributed by atoms with Crippen LogP contribution in [0.2, 0.25) is 0 Å². The van der Waals surface area contributed by atoms with E-state index >= 15 is 0 Å². The minimum atomic E-state index is -0.796. The van der Waals surface area contributed by atoms with Gasteiger partial charge in [-0.3, -0.25) is 9.78 Å². The van der Waals surface area contributed by atoms with Gasteiger partial charge in [0, 0.05) is 61.0 Å². The lowest BCUT2D eigenvalue weighted by Crippen LogP contribution is -2.64. The first-order valence-electron chi connectivity index (χ1n) is 11.8. The third-order valence-electron chi connectivity index (χ3n) is 7.42. The number of pyridine rings is 2. The first-order valence-corrected chi connectivity index (χ1v) is 11.8. The van der Waals surface area contributed by atoms with Crippen molar-refractivity contribution in [3.63, 3.8) is 0 Å². The van der Waals surface area contributed by atoms with E-state index in [0.29, 0.717) is 6.54 Å². The van der Waals surface area contributed by atoms with Gasteiger partial charge in [-0.25, -0.2) is 13.8 Å². The van der Waals surface area contributed by atoms with Gasteiger partial charge in [-0.2, -0.15) is 0 Å². The maximum Gasteiger partial charge on any atom is 0.253 e. The summed E-state index contributed by atoms with van der Waals surface area (Å²) >= 11 is 0. The van der Waals surface area contributed by atoms with Crippen molar-refractivity contribution in [2.45, 2.75) is 18.3 Å². The molecule has 3 aromatic heterocycles. The SMILES string of the molecule is O=C1NCC2(CNC2)c2[nH]c3c(c21)CCc1cnc(-c2ccc(Oc4ccc(F)cc4F)nc2)cc1-3. The largest absolute Gasteiger partial charge is 0.436 e. The minimum Gasteiger partial charge on any atom is -0.436 e. The fourth-order valence-corrected chi connectivity index (χ4v) is 5.42. The predicted octanol–water partition coefficient (Wildman–Crippen LogP) is 3.89. The summed E-state index contributed by atoms with van der Waals surface area (Å²) < 4.78 is 32.5. The van der Waals surface area contributed by atoms with E-state index in [-0.39, 0.29) is 23.0 Å². The van der Waals surface area contributed by atoms with Crippen molar-refractivity contribution in [3.8, 4) is 34.1 Å². The average Bonchev–Trinajstić information content (AvgIpc) is 3.27. The van der Waals surface area contributed by atoms with Gasteiger partial charge < -0.3 is 20.4 Å². The summed E-state index contributed by atoms with van der Waals surface area (Å²) in [6, 6.07) is 8.56. The number of hydrogen-bond acceptors (Lipinski definition) is 5. The Morgan fingerprint density at radius 3 is 2.61 bits per heavy atom. The number of rotatable bonds is 3. The monoisotopic (exact) mass is 485 g/mol. The maximum atomic E-state index is 13.9. The molecule has 3 aliphatic rings. The highest BCUT2D eigenvalue weighted by Gasteiger charge is 2.47. The van der Waals surface area contributed by atoms with Crippen molar-refractivity contribution < 1.29 is 18.3 Å². The van der Waals surface area contributed by atoms with Crippen LogP contribution in [-0.2, 0) is 18.3 Å². The second-order valence-electron chi connectivity index (χ2n) is 9.58. The quantitative estimate of drug-likeness (QED) is 0.410. The van der Waals surface area contributed by atoms with Gasteiger partial charge in [0.05, 0.1) is 22.4 Å². The molecule has 0 atom stereocenters. The molecule has 7 rings (SSSR count). The molecule has 0 unspecified atom stereocenters. The topological polar surface area (TPSA) is 91.9 Å². The van der Waals surface area contributed by atoms with Crippen LogP contribution in [0.3, 0.4) is 0 Å². The molecule has 3 N–H and O–H groups in total. The third kappa shape index (κ3) is 3.16. The van der Waals surface area contributed by atoms with Crippen LogP contribution in [0, 0.1) is 11.6 Å². The van der Waals surface area contributed by atoms with Crippen molar-refractivity contribution in [2.75, 3.05) is 19.6 Å². The zero-order chi connectivity index (χ0) is 24.4. The molecule has 1 aliphatic carbocycles. The van der Waals surface area contributed by atoms with Crippen molar-refractivity contribution in [2.24, 2.45) is 0 Å². The lowest BCUT2D eigenvalue weighted by molar-refractivity contribution is 0.0905. The van der Waals surface area contributed by atoms with Crippen LogP contribution in [0.1, 0.15) is 27.2 Å². The maximum absolute atomic E-state index is 13.9. The molecule has 4 aromatic rings. The van der Waals surface area contributed by atoms with E-state index in [9.17, 15) is 13.6 Å². The number of carbonyl (C=O) groups excluding carboxylic acids is 1. The number of nitrogens with zero attached hydrogens (tertiary/aromatic N) is 2. The molecule has 36 heavy (non-hydrogen) atoms. The molecule has 1 aromatic carbocycles. The normalized spacial score (nSPS) is 17.0. The highest BCUT2D eigenvalue weighted by Crippen LogP contribution is 2.43. The Kier molecular flexibility index (Phi) is 4.53. The van der Waals surface area contributed by atoms with Crippen LogP contribution < -0.4 is 15.4 Å². The number of halogens is 2. The van der Waals surface area contributed by atoms with Crippen LogP contribution in [-0.4, -0.2) is 40.5 Å². The second-order valence-corrected chi connectivity index (χ2v) is 9.58. The van der Waals surface area contributed by atoms with E-state index in [1.807, 2.05) is 12.3 Å². The smallest absolute Gasteiger partial charge is 0.253 e. The zero-order valence-electron chi connectivity index (χ0n) is 19.1. The van der Waals surface area contributed by atoms with Crippen molar-refractivity contribution in [3.05, 3.63) is 82.8 Å². The van der Waals surface area contributed by atoms with E-state index in [1.165, 1.54) is 6.07 Å². The van der Waals surface area contributed by atoms with E-state index in [0.717, 1.165) is 83.0 Å². The number of aryl methyl sites for hydroxylation is 1. The van der Waals surface area contributed by atoms with Crippen LogP contribution in [0.4, 0.5) is 8.78 Å². The van der Waals surface area contributed by atoms with E-state index < -0.39 is 11.6 Å². The Labute approximate surface area is 204 Å². The molecular formula is C27H21F2N5O2. The molecule has 9 heteroatoms. The highest BCUT2D eigenvalue weighted by molar-refractivity contribution is 6.01. The number of H-pyrrole nitrogens is 1. The Bertz CT molecular complexity index is 1540. The van der Waals surface area contributed by atoms with Gasteiger partial charge in [0.25, 0.3) is 5.91 Å². The van der Waals surface area contributed by atoms with Crippen LogP contribution in [0.5, 0.6) is 11.6 Å². The van der Waals surface area contributed by atoms with Gasteiger partial charge in [0.1, 0.15) is 5.82 Å². The summed E-state index contributed by atoms with van der Waals surface area (Å²) in [6.45, 7) is 2.33. The number of aromatic nitrogens is 3. The molecule has 180 valence electrons. The Balaban J connectivity index is 1.23. The molecule has 0 bridgehead atoms. The molecule has 2 aliphatic heterocycles. The van der Waals surface area contributed by atoms with Crippen LogP contribution in [0.25, 0.3) is 22.5 Å². The number of amides is 1. The number of fused-ring (bicyclic) bond motifs is 6. The fourth-order valence-electron chi connectivity index (χ4n) is 5.42. The molecule has 0 radical (unpaired) electrons. The summed E-state index contributed by atoms with van der Waals surface area (Å²) in [4.78, 5) is 25.4. The van der Waals surface area contributed by atoms with Gasteiger partial charge >= 0.3 is 0 Å². The fraction of sp³-hybridized carbons (Fsp3) is 0.222. The highest BCUT2D eigenvalue weighted by atomic mass is 19.1. The number of aromatic amines is 1. The van der Waals surface area contributed by atoms with Crippen molar-refractivity contribution >= 4 is 5.91 Å². The summed E-state index contributed by atoms with van der Waals surface area (Å²) in [5.41, 5.74) is 7.51. The van der Waals surface area contributed by atoms with E-state index in [4.69, 9.17) is 4.74 Å². The number of hydrogen-bond donors (Lipinski definition) is 3. The summed E-state index contributed by atoms with van der Waals surface area (Å²) in [5.74, 6) is -1.39. The minimum absolute atomic E-state index is 0.00450. The van der Waals surface area contributed by atoms with Crippen molar-refractivity contribution in [1.82, 2.24) is 25.6 Å². The van der Waals surface area contributed by atoms with Gasteiger partial charge in [0.2, 0.25) is 5.88 Å². The van der Waals surface area contributed by atoms with E-state index in [1.54, 1.807) is 18.3 Å². The first-order chi connectivity index (χ1) is 17.5. The Morgan fingerprint density at radius 1 is 0.972 bits per heavy atom. The Morgan fingerprint density at radius 2 is 1.86 bits per heavy atom. The number of benzene rings is 1. The molecule has 1 amide bonds. The van der Waals surface area contributed by atoms with E-state index in [2.05, 4.69) is 25.6 Å². The molecule has 1 spiro atoms. The number of ether oxygens (including phenoxy) is 1. The standard InChI is InChI=1S/C27H21F2N5O2/c28-16-3-5-21(19(29)7-16)36-22-6-2-15(10-32-22)20-8-18-14(9-31-20)1-4-17-23-25(34-24(17)18)27(11-30-12-27)13-33-26(23)35/h2-3,5-10,30,34H,1,4,11-13H2,(H,33,35). The van der Waals surface area contributed by atoms with Crippen LogP contribution >= 0.6 is 0 Å². The summed E-state index contributed by atoms with van der Waals surface area (Å²) in [5, 5.41) is 6.43. The molecule has 1 fully saturated rings. The molecule has 0 saturated carbocycles. The average molecular weight is 485 g/mol. The lowest BCUT2D eigenvalue weighted by Gasteiger charge is -2.45. The molecule has 5 heterocycles. The summed E-state index contributed by atoms with van der Waals surface area (Å²) in [7, 11) is 0. The second kappa shape index (κ2) is 7.69. The first kappa shape index (κ1) is 21.2.